The molecule has 5 heteroatoms. The largest absolute Gasteiger partial charge is 0.340 e. The molecule has 19 heavy (non-hydrogen) atoms. The van der Waals surface area contributed by atoms with E-state index < -0.39 is 0 Å². The molecule has 5 nitrogen and oxygen atoms in total. The number of hydrogen-bond donors (Lipinski definition) is 2. The first kappa shape index (κ1) is 12.2. The molecule has 1 aliphatic rings. The predicted molar refractivity (Wildman–Crippen MR) is 73.9 cm³/mol. The lowest BCUT2D eigenvalue weighted by Crippen LogP contribution is -2.23. The summed E-state index contributed by atoms with van der Waals surface area (Å²) in [5, 5.41) is 6.38. The van der Waals surface area contributed by atoms with E-state index in [1.54, 1.807) is 0 Å². The van der Waals surface area contributed by atoms with Gasteiger partial charge in [-0.2, -0.15) is 5.10 Å². The molecule has 1 aromatic heterocycles. The zero-order valence-corrected chi connectivity index (χ0v) is 11.0. The van der Waals surface area contributed by atoms with Gasteiger partial charge >= 0.3 is 5.69 Å². The van der Waals surface area contributed by atoms with Crippen LogP contribution >= 0.6 is 0 Å². The van der Waals surface area contributed by atoms with Crippen LogP contribution in [0.2, 0.25) is 0 Å². The van der Waals surface area contributed by atoms with Gasteiger partial charge in [-0.1, -0.05) is 18.2 Å². The average molecular weight is 258 g/mol. The summed E-state index contributed by atoms with van der Waals surface area (Å²) in [7, 11) is 0. The highest BCUT2D eigenvalue weighted by Gasteiger charge is 2.19. The first-order valence-electron chi connectivity index (χ1n) is 6.73. The molecule has 1 aliphatic heterocycles. The summed E-state index contributed by atoms with van der Waals surface area (Å²) in [4.78, 5) is 16.3. The van der Waals surface area contributed by atoms with E-state index in [1.807, 2.05) is 12.1 Å². The number of nitrogens with one attached hydrogen (secondary N) is 2. The Balaban J connectivity index is 1.89. The first-order valence-corrected chi connectivity index (χ1v) is 6.73. The van der Waals surface area contributed by atoms with E-state index in [-0.39, 0.29) is 5.69 Å². The quantitative estimate of drug-likeness (QED) is 0.884. The fraction of sp³-hybridized carbons (Fsp3) is 0.429. The fourth-order valence-corrected chi connectivity index (χ4v) is 2.69. The lowest BCUT2D eigenvalue weighted by molar-refractivity contribution is 0.263. The number of aromatic amines is 2. The Morgan fingerprint density at radius 3 is 2.79 bits per heavy atom. The maximum atomic E-state index is 11.1. The summed E-state index contributed by atoms with van der Waals surface area (Å²) in [5.41, 5.74) is 1.94. The van der Waals surface area contributed by atoms with Gasteiger partial charge in [-0.3, -0.25) is 9.88 Å². The van der Waals surface area contributed by atoms with Gasteiger partial charge in [0.15, 0.2) is 5.82 Å². The molecule has 0 radical (unpaired) electrons. The van der Waals surface area contributed by atoms with Gasteiger partial charge < -0.3 is 0 Å². The van der Waals surface area contributed by atoms with E-state index >= 15 is 0 Å². The minimum Gasteiger partial charge on any atom is -0.297 e. The van der Waals surface area contributed by atoms with Crippen LogP contribution in [0.1, 0.15) is 31.4 Å². The molecular formula is C14H18N4O. The number of likely N-dealkylation sites (tertiary alicyclic amines) is 1. The molecule has 0 spiro atoms. The van der Waals surface area contributed by atoms with Crippen molar-refractivity contribution in [2.45, 2.75) is 25.8 Å². The molecular weight excluding hydrogens is 240 g/mol. The molecule has 100 valence electrons. The highest BCUT2D eigenvalue weighted by molar-refractivity contribution is 5.55. The Morgan fingerprint density at radius 2 is 2.11 bits per heavy atom. The van der Waals surface area contributed by atoms with Gasteiger partial charge in [0.05, 0.1) is 0 Å². The zero-order valence-electron chi connectivity index (χ0n) is 11.0. The zero-order chi connectivity index (χ0) is 13.2. The second kappa shape index (κ2) is 5.01. The van der Waals surface area contributed by atoms with E-state index in [9.17, 15) is 4.79 Å². The highest BCUT2D eigenvalue weighted by Crippen LogP contribution is 2.26. The van der Waals surface area contributed by atoms with E-state index in [2.05, 4.69) is 39.1 Å². The van der Waals surface area contributed by atoms with Crippen LogP contribution in [0.15, 0.2) is 29.1 Å². The van der Waals surface area contributed by atoms with Crippen molar-refractivity contribution < 1.29 is 0 Å². The van der Waals surface area contributed by atoms with Crippen molar-refractivity contribution in [2.24, 2.45) is 0 Å². The molecule has 2 aromatic rings. The topological polar surface area (TPSA) is 64.8 Å². The minimum atomic E-state index is -0.270. The molecule has 0 saturated carbocycles. The van der Waals surface area contributed by atoms with Crippen LogP contribution < -0.4 is 5.69 Å². The van der Waals surface area contributed by atoms with E-state index in [1.165, 1.54) is 31.5 Å². The summed E-state index contributed by atoms with van der Waals surface area (Å²) < 4.78 is 0. The fourth-order valence-electron chi connectivity index (χ4n) is 2.69. The molecule has 0 amide bonds. The average Bonchev–Trinajstić information content (AvgIpc) is 3.09. The van der Waals surface area contributed by atoms with Crippen LogP contribution in [0.5, 0.6) is 0 Å². The number of rotatable bonds is 3. The minimum absolute atomic E-state index is 0.270. The molecule has 0 aliphatic carbocycles. The summed E-state index contributed by atoms with van der Waals surface area (Å²) in [6.07, 6.45) is 2.58. The predicted octanol–water partition coefficient (Wildman–Crippen LogP) is 1.92. The second-order valence-electron chi connectivity index (χ2n) is 5.07. The van der Waals surface area contributed by atoms with Crippen molar-refractivity contribution in [2.75, 3.05) is 13.1 Å². The molecule has 2 N–H and O–H groups in total. The lowest BCUT2D eigenvalue weighted by Gasteiger charge is -2.24. The lowest BCUT2D eigenvalue weighted by atomic mass is 10.0. The summed E-state index contributed by atoms with van der Waals surface area (Å²) in [6.45, 7) is 4.58. The Morgan fingerprint density at radius 1 is 1.32 bits per heavy atom. The number of hydrogen-bond acceptors (Lipinski definition) is 3. The highest BCUT2D eigenvalue weighted by atomic mass is 16.1. The van der Waals surface area contributed by atoms with Crippen molar-refractivity contribution in [1.29, 1.82) is 0 Å². The molecule has 2 heterocycles. The smallest absolute Gasteiger partial charge is 0.297 e. The second-order valence-corrected chi connectivity index (χ2v) is 5.07. The van der Waals surface area contributed by atoms with Crippen LogP contribution in [-0.4, -0.2) is 33.2 Å². The monoisotopic (exact) mass is 258 g/mol. The van der Waals surface area contributed by atoms with Gasteiger partial charge in [0, 0.05) is 11.6 Å². The standard InChI is InChI=1S/C14H18N4O/c1-10(18-7-2-3-8-18)11-5-4-6-12(9-11)13-15-14(19)17-16-13/h4-6,9-10H,2-3,7-8H2,1H3,(H2,15,16,17,19)/t10-/m1/s1. The SMILES string of the molecule is C[C@H](c1cccc(-c2n[nH]c(=O)[nH]2)c1)N1CCCC1. The van der Waals surface area contributed by atoms with Gasteiger partial charge in [0.2, 0.25) is 0 Å². The van der Waals surface area contributed by atoms with Crippen molar-refractivity contribution in [1.82, 2.24) is 20.1 Å². The Hall–Kier alpha value is -1.88. The number of aromatic nitrogens is 3. The first-order chi connectivity index (χ1) is 9.24. The third-order valence-electron chi connectivity index (χ3n) is 3.83. The van der Waals surface area contributed by atoms with Crippen LogP contribution in [0.3, 0.4) is 0 Å². The van der Waals surface area contributed by atoms with Crippen LogP contribution in [0.25, 0.3) is 11.4 Å². The Bertz CT molecular complexity index is 610. The number of H-pyrrole nitrogens is 2. The third kappa shape index (κ3) is 2.46. The molecule has 0 bridgehead atoms. The maximum Gasteiger partial charge on any atom is 0.340 e. The van der Waals surface area contributed by atoms with Crippen molar-refractivity contribution in [3.63, 3.8) is 0 Å². The van der Waals surface area contributed by atoms with Crippen LogP contribution in [-0.2, 0) is 0 Å². The molecule has 1 aromatic carbocycles. The molecule has 1 saturated heterocycles. The van der Waals surface area contributed by atoms with Gasteiger partial charge in [-0.25, -0.2) is 9.89 Å². The molecule has 0 unspecified atom stereocenters. The summed E-state index contributed by atoms with van der Waals surface area (Å²) >= 11 is 0. The summed E-state index contributed by atoms with van der Waals surface area (Å²) in [5.74, 6) is 0.598. The molecule has 1 atom stereocenters. The van der Waals surface area contributed by atoms with Gasteiger partial charge in [0.1, 0.15) is 0 Å². The Labute approximate surface area is 111 Å². The molecule has 1 fully saturated rings. The Kier molecular flexibility index (Phi) is 3.21. The van der Waals surface area contributed by atoms with Crippen molar-refractivity contribution >= 4 is 0 Å². The molecule has 3 rings (SSSR count). The van der Waals surface area contributed by atoms with E-state index in [0.29, 0.717) is 11.9 Å². The van der Waals surface area contributed by atoms with E-state index in [4.69, 9.17) is 0 Å². The van der Waals surface area contributed by atoms with Crippen molar-refractivity contribution in [3.8, 4) is 11.4 Å². The van der Waals surface area contributed by atoms with Crippen LogP contribution in [0, 0.1) is 0 Å². The maximum absolute atomic E-state index is 11.1. The third-order valence-corrected chi connectivity index (χ3v) is 3.83. The summed E-state index contributed by atoms with van der Waals surface area (Å²) in [6, 6.07) is 8.64. The van der Waals surface area contributed by atoms with E-state index in [0.717, 1.165) is 5.56 Å². The normalized spacial score (nSPS) is 17.7. The van der Waals surface area contributed by atoms with Gasteiger partial charge in [-0.15, -0.1) is 0 Å². The number of benzene rings is 1. The number of nitrogens with zero attached hydrogens (tertiary/aromatic N) is 2. The van der Waals surface area contributed by atoms with Crippen molar-refractivity contribution in [3.05, 3.63) is 40.3 Å². The van der Waals surface area contributed by atoms with Gasteiger partial charge in [0.25, 0.3) is 0 Å². The van der Waals surface area contributed by atoms with Gasteiger partial charge in [-0.05, 0) is 44.5 Å². The van der Waals surface area contributed by atoms with Crippen LogP contribution in [0.4, 0.5) is 0 Å².